The van der Waals surface area contributed by atoms with E-state index in [0.717, 1.165) is 20.4 Å². The summed E-state index contributed by atoms with van der Waals surface area (Å²) in [5, 5.41) is 0. The number of esters is 1. The Kier molecular flexibility index (Phi) is 5.74. The number of methoxy groups -OCH3 is 1. The van der Waals surface area contributed by atoms with E-state index in [-0.39, 0.29) is 5.97 Å². The van der Waals surface area contributed by atoms with Gasteiger partial charge in [-0.3, -0.25) is 4.98 Å². The predicted molar refractivity (Wildman–Crippen MR) is 88.8 cm³/mol. The number of benzene rings is 1. The van der Waals surface area contributed by atoms with Crippen LogP contribution in [0, 0.1) is 3.57 Å². The average Bonchev–Trinajstić information content (AvgIpc) is 2.52. The van der Waals surface area contributed by atoms with Crippen molar-refractivity contribution in [2.75, 3.05) is 7.11 Å². The van der Waals surface area contributed by atoms with Gasteiger partial charge >= 0.3 is 5.97 Å². The lowest BCUT2D eigenvalue weighted by atomic mass is 10.2. The number of carbonyl (C=O) groups is 1. The molecule has 2 aromatic rings. The Labute approximate surface area is 136 Å². The van der Waals surface area contributed by atoms with Crippen LogP contribution in [0.4, 0.5) is 0 Å². The zero-order valence-corrected chi connectivity index (χ0v) is 13.6. The summed E-state index contributed by atoms with van der Waals surface area (Å²) in [6.45, 7) is 0.473. The summed E-state index contributed by atoms with van der Waals surface area (Å²) in [4.78, 5) is 15.1. The van der Waals surface area contributed by atoms with E-state index in [1.165, 1.54) is 13.2 Å². The van der Waals surface area contributed by atoms with Crippen molar-refractivity contribution in [1.82, 2.24) is 4.98 Å². The molecule has 0 fully saturated rings. The van der Waals surface area contributed by atoms with Crippen molar-refractivity contribution < 1.29 is 14.3 Å². The Balaban J connectivity index is 2.02. The van der Waals surface area contributed by atoms with Crippen LogP contribution in [-0.4, -0.2) is 18.1 Å². The second kappa shape index (κ2) is 7.78. The van der Waals surface area contributed by atoms with Crippen molar-refractivity contribution in [2.24, 2.45) is 0 Å². The van der Waals surface area contributed by atoms with Crippen molar-refractivity contribution in [3.8, 4) is 5.75 Å². The van der Waals surface area contributed by atoms with E-state index in [1.54, 1.807) is 18.5 Å². The van der Waals surface area contributed by atoms with Gasteiger partial charge in [-0.25, -0.2) is 4.79 Å². The minimum absolute atomic E-state index is 0.373. The molecular formula is C16H14INO3. The van der Waals surface area contributed by atoms with E-state index < -0.39 is 0 Å². The monoisotopic (exact) mass is 395 g/mol. The molecule has 0 saturated heterocycles. The summed E-state index contributed by atoms with van der Waals surface area (Å²) >= 11 is 2.20. The molecule has 2 rings (SSSR count). The second-order valence-electron chi connectivity index (χ2n) is 4.20. The summed E-state index contributed by atoms with van der Waals surface area (Å²) in [6, 6.07) is 9.56. The summed E-state index contributed by atoms with van der Waals surface area (Å²) in [7, 11) is 1.35. The Bertz CT molecular complexity index is 641. The fraction of sp³-hybridized carbons (Fsp3) is 0.125. The molecule has 4 nitrogen and oxygen atoms in total. The molecule has 1 aromatic carbocycles. The molecule has 0 aliphatic rings. The van der Waals surface area contributed by atoms with E-state index in [0.29, 0.717) is 6.61 Å². The maximum absolute atomic E-state index is 11.1. The van der Waals surface area contributed by atoms with Crippen LogP contribution in [0.15, 0.2) is 48.8 Å². The highest BCUT2D eigenvalue weighted by Gasteiger charge is 2.03. The molecule has 0 aliphatic carbocycles. The normalized spacial score (nSPS) is 10.6. The molecule has 0 atom stereocenters. The van der Waals surface area contributed by atoms with Gasteiger partial charge in [0.25, 0.3) is 0 Å². The molecule has 21 heavy (non-hydrogen) atoms. The summed E-state index contributed by atoms with van der Waals surface area (Å²) in [6.07, 6.45) is 6.61. The molecule has 0 aliphatic heterocycles. The molecule has 5 heteroatoms. The third kappa shape index (κ3) is 4.86. The lowest BCUT2D eigenvalue weighted by Crippen LogP contribution is -1.97. The Morgan fingerprint density at radius 3 is 2.90 bits per heavy atom. The van der Waals surface area contributed by atoms with Crippen LogP contribution in [0.2, 0.25) is 0 Å². The number of ether oxygens (including phenoxy) is 2. The van der Waals surface area contributed by atoms with Gasteiger partial charge in [0.1, 0.15) is 12.4 Å². The number of rotatable bonds is 5. The molecule has 0 radical (unpaired) electrons. The van der Waals surface area contributed by atoms with Crippen LogP contribution < -0.4 is 4.74 Å². The SMILES string of the molecule is COC(=O)/C=C/c1ccc(OCc2cccnc2)c(I)c1. The minimum atomic E-state index is -0.373. The average molecular weight is 395 g/mol. The first-order chi connectivity index (χ1) is 10.2. The molecule has 0 spiro atoms. The highest BCUT2D eigenvalue weighted by Crippen LogP contribution is 2.23. The zero-order valence-electron chi connectivity index (χ0n) is 11.5. The van der Waals surface area contributed by atoms with Gasteiger partial charge < -0.3 is 9.47 Å². The first kappa shape index (κ1) is 15.5. The quantitative estimate of drug-likeness (QED) is 0.442. The second-order valence-corrected chi connectivity index (χ2v) is 5.36. The summed E-state index contributed by atoms with van der Waals surface area (Å²) in [5.74, 6) is 0.427. The van der Waals surface area contributed by atoms with E-state index in [1.807, 2.05) is 30.3 Å². The molecule has 0 unspecified atom stereocenters. The van der Waals surface area contributed by atoms with Gasteiger partial charge in [-0.15, -0.1) is 0 Å². The van der Waals surface area contributed by atoms with E-state index >= 15 is 0 Å². The molecule has 108 valence electrons. The lowest BCUT2D eigenvalue weighted by molar-refractivity contribution is -0.134. The largest absolute Gasteiger partial charge is 0.488 e. The molecule has 1 aromatic heterocycles. The van der Waals surface area contributed by atoms with Crippen molar-refractivity contribution in [2.45, 2.75) is 6.61 Å². The van der Waals surface area contributed by atoms with Crippen molar-refractivity contribution >= 4 is 34.6 Å². The Morgan fingerprint density at radius 1 is 1.38 bits per heavy atom. The summed E-state index contributed by atoms with van der Waals surface area (Å²) in [5.41, 5.74) is 1.93. The topological polar surface area (TPSA) is 48.4 Å². The summed E-state index contributed by atoms with van der Waals surface area (Å²) < 4.78 is 11.3. The third-order valence-electron chi connectivity index (χ3n) is 2.69. The molecule has 0 bridgehead atoms. The Morgan fingerprint density at radius 2 is 2.24 bits per heavy atom. The van der Waals surface area contributed by atoms with Crippen molar-refractivity contribution in [3.05, 3.63) is 63.5 Å². The number of halogens is 1. The van der Waals surface area contributed by atoms with Crippen molar-refractivity contribution in [3.63, 3.8) is 0 Å². The number of carbonyl (C=O) groups excluding carboxylic acids is 1. The third-order valence-corrected chi connectivity index (χ3v) is 3.53. The van der Waals surface area contributed by atoms with Gasteiger partial charge in [-0.2, -0.15) is 0 Å². The van der Waals surface area contributed by atoms with Crippen molar-refractivity contribution in [1.29, 1.82) is 0 Å². The fourth-order valence-corrected chi connectivity index (χ4v) is 2.31. The first-order valence-electron chi connectivity index (χ1n) is 6.26. The van der Waals surface area contributed by atoms with Gasteiger partial charge in [0, 0.05) is 24.0 Å². The zero-order chi connectivity index (χ0) is 15.1. The number of hydrogen-bond donors (Lipinski definition) is 0. The lowest BCUT2D eigenvalue weighted by Gasteiger charge is -2.08. The number of hydrogen-bond acceptors (Lipinski definition) is 4. The Hall–Kier alpha value is -1.89. The van der Waals surface area contributed by atoms with Crippen LogP contribution in [0.1, 0.15) is 11.1 Å². The van der Waals surface area contributed by atoms with Gasteiger partial charge in [-0.05, 0) is 52.4 Å². The van der Waals surface area contributed by atoms with E-state index in [9.17, 15) is 4.79 Å². The van der Waals surface area contributed by atoms with Gasteiger partial charge in [0.2, 0.25) is 0 Å². The van der Waals surface area contributed by atoms with Crippen LogP contribution in [-0.2, 0) is 16.1 Å². The highest BCUT2D eigenvalue weighted by molar-refractivity contribution is 14.1. The van der Waals surface area contributed by atoms with Crippen LogP contribution >= 0.6 is 22.6 Å². The minimum Gasteiger partial charge on any atom is -0.488 e. The van der Waals surface area contributed by atoms with Gasteiger partial charge in [-0.1, -0.05) is 12.1 Å². The van der Waals surface area contributed by atoms with Gasteiger partial charge in [0.05, 0.1) is 10.7 Å². The molecule has 0 amide bonds. The standard InChI is InChI=1S/C16H14INO3/c1-20-16(19)7-5-12-4-6-15(14(17)9-12)21-11-13-3-2-8-18-10-13/h2-10H,11H2,1H3/b7-5+. The fourth-order valence-electron chi connectivity index (χ4n) is 1.61. The van der Waals surface area contributed by atoms with E-state index in [4.69, 9.17) is 4.74 Å². The molecule has 0 N–H and O–H groups in total. The van der Waals surface area contributed by atoms with E-state index in [2.05, 4.69) is 32.3 Å². The number of nitrogens with zero attached hydrogens (tertiary/aromatic N) is 1. The van der Waals surface area contributed by atoms with Crippen LogP contribution in [0.3, 0.4) is 0 Å². The highest BCUT2D eigenvalue weighted by atomic mass is 127. The maximum Gasteiger partial charge on any atom is 0.330 e. The van der Waals surface area contributed by atoms with Gasteiger partial charge in [0.15, 0.2) is 0 Å². The molecule has 0 saturated carbocycles. The van der Waals surface area contributed by atoms with Crippen LogP contribution in [0.25, 0.3) is 6.08 Å². The predicted octanol–water partition coefficient (Wildman–Crippen LogP) is 3.45. The number of aromatic nitrogens is 1. The van der Waals surface area contributed by atoms with Crippen LogP contribution in [0.5, 0.6) is 5.75 Å². The maximum atomic E-state index is 11.1. The first-order valence-corrected chi connectivity index (χ1v) is 7.34. The number of pyridine rings is 1. The molecule has 1 heterocycles. The smallest absolute Gasteiger partial charge is 0.330 e. The molecular weight excluding hydrogens is 381 g/mol.